The molecule has 2 aromatic heterocycles. The fraction of sp³-hybridized carbons (Fsp3) is 0.214. The zero-order valence-corrected chi connectivity index (χ0v) is 12.4. The Morgan fingerprint density at radius 2 is 2.14 bits per heavy atom. The first-order valence-corrected chi connectivity index (χ1v) is 6.76. The van der Waals surface area contributed by atoms with Crippen LogP contribution in [0.3, 0.4) is 0 Å². The van der Waals surface area contributed by atoms with Crippen molar-refractivity contribution in [2.45, 2.75) is 6.54 Å². The van der Waals surface area contributed by atoms with Crippen molar-refractivity contribution in [2.24, 2.45) is 0 Å². The van der Waals surface area contributed by atoms with E-state index in [1.54, 1.807) is 17.7 Å². The lowest BCUT2D eigenvalue weighted by atomic mass is 10.2. The van der Waals surface area contributed by atoms with Gasteiger partial charge in [-0.25, -0.2) is 0 Å². The molecule has 21 heavy (non-hydrogen) atoms. The van der Waals surface area contributed by atoms with Gasteiger partial charge in [-0.05, 0) is 6.07 Å². The van der Waals surface area contributed by atoms with Crippen LogP contribution in [0.15, 0.2) is 36.7 Å². The van der Waals surface area contributed by atoms with E-state index in [1.807, 2.05) is 36.2 Å². The number of nitrogens with zero attached hydrogens (tertiary/aromatic N) is 5. The van der Waals surface area contributed by atoms with Crippen LogP contribution in [0.4, 0.5) is 5.82 Å². The summed E-state index contributed by atoms with van der Waals surface area (Å²) in [4.78, 5) is 10.2. The first-order chi connectivity index (χ1) is 10.2. The van der Waals surface area contributed by atoms with Gasteiger partial charge in [0.2, 0.25) is 0 Å². The minimum Gasteiger partial charge on any atom is -0.496 e. The molecule has 108 valence electrons. The molecule has 0 amide bonds. The first-order valence-electron chi connectivity index (χ1n) is 6.38. The SMILES string of the molecule is COc1ccccc1CN(C)c1cc(Cl)nc2ncnn12. The second-order valence-electron chi connectivity index (χ2n) is 4.58. The topological polar surface area (TPSA) is 55.5 Å². The number of aromatic nitrogens is 4. The van der Waals surface area contributed by atoms with E-state index < -0.39 is 0 Å². The second kappa shape index (κ2) is 5.57. The molecule has 0 atom stereocenters. The number of halogens is 1. The molecule has 3 aromatic rings. The van der Waals surface area contributed by atoms with Crippen molar-refractivity contribution >= 4 is 23.2 Å². The van der Waals surface area contributed by atoms with Gasteiger partial charge < -0.3 is 9.64 Å². The first kappa shape index (κ1) is 13.6. The van der Waals surface area contributed by atoms with E-state index in [9.17, 15) is 0 Å². The Balaban J connectivity index is 1.97. The third-order valence-corrected chi connectivity index (χ3v) is 3.39. The molecule has 0 aliphatic carbocycles. The van der Waals surface area contributed by atoms with Crippen LogP contribution in [0.1, 0.15) is 5.56 Å². The van der Waals surface area contributed by atoms with Crippen molar-refractivity contribution < 1.29 is 4.74 Å². The average Bonchev–Trinajstić information content (AvgIpc) is 2.94. The largest absolute Gasteiger partial charge is 0.496 e. The predicted octanol–water partition coefficient (Wildman–Crippen LogP) is 2.42. The van der Waals surface area contributed by atoms with Crippen LogP contribution in [0, 0.1) is 0 Å². The van der Waals surface area contributed by atoms with E-state index in [2.05, 4.69) is 15.1 Å². The highest BCUT2D eigenvalue weighted by atomic mass is 35.5. The van der Waals surface area contributed by atoms with Crippen molar-refractivity contribution in [3.63, 3.8) is 0 Å². The zero-order chi connectivity index (χ0) is 14.8. The Hall–Kier alpha value is -2.34. The molecule has 0 spiro atoms. The lowest BCUT2D eigenvalue weighted by Gasteiger charge is -2.21. The summed E-state index contributed by atoms with van der Waals surface area (Å²) in [6.07, 6.45) is 1.46. The van der Waals surface area contributed by atoms with E-state index in [-0.39, 0.29) is 0 Å². The van der Waals surface area contributed by atoms with E-state index in [0.29, 0.717) is 17.5 Å². The molecule has 3 rings (SSSR count). The molecule has 7 heteroatoms. The number of anilines is 1. The number of benzene rings is 1. The quantitative estimate of drug-likeness (QED) is 0.693. The summed E-state index contributed by atoms with van der Waals surface area (Å²) in [6.45, 7) is 0.652. The molecule has 0 unspecified atom stereocenters. The van der Waals surface area contributed by atoms with Gasteiger partial charge in [0.15, 0.2) is 0 Å². The Morgan fingerprint density at radius 1 is 1.33 bits per heavy atom. The van der Waals surface area contributed by atoms with Gasteiger partial charge in [-0.2, -0.15) is 19.6 Å². The number of ether oxygens (including phenoxy) is 1. The smallest absolute Gasteiger partial charge is 0.255 e. The molecule has 0 bridgehead atoms. The highest BCUT2D eigenvalue weighted by Gasteiger charge is 2.12. The van der Waals surface area contributed by atoms with E-state index in [4.69, 9.17) is 16.3 Å². The van der Waals surface area contributed by atoms with Crippen molar-refractivity contribution in [3.05, 3.63) is 47.4 Å². The Morgan fingerprint density at radius 3 is 2.95 bits per heavy atom. The third-order valence-electron chi connectivity index (χ3n) is 3.19. The number of rotatable bonds is 4. The van der Waals surface area contributed by atoms with E-state index >= 15 is 0 Å². The summed E-state index contributed by atoms with van der Waals surface area (Å²) in [6, 6.07) is 9.65. The highest BCUT2D eigenvalue weighted by Crippen LogP contribution is 2.23. The summed E-state index contributed by atoms with van der Waals surface area (Å²) in [5.41, 5.74) is 1.07. The van der Waals surface area contributed by atoms with Gasteiger partial charge >= 0.3 is 0 Å². The highest BCUT2D eigenvalue weighted by molar-refractivity contribution is 6.29. The Kier molecular flexibility index (Phi) is 3.62. The van der Waals surface area contributed by atoms with Crippen molar-refractivity contribution in [2.75, 3.05) is 19.1 Å². The molecular weight excluding hydrogens is 290 g/mol. The number of fused-ring (bicyclic) bond motifs is 1. The van der Waals surface area contributed by atoms with Gasteiger partial charge in [-0.3, -0.25) is 0 Å². The van der Waals surface area contributed by atoms with Gasteiger partial charge in [-0.15, -0.1) is 0 Å². The third kappa shape index (κ3) is 2.62. The van der Waals surface area contributed by atoms with Crippen molar-refractivity contribution in [1.29, 1.82) is 0 Å². The summed E-state index contributed by atoms with van der Waals surface area (Å²) >= 11 is 6.04. The number of methoxy groups -OCH3 is 1. The lowest BCUT2D eigenvalue weighted by Crippen LogP contribution is -2.20. The zero-order valence-electron chi connectivity index (χ0n) is 11.7. The fourth-order valence-electron chi connectivity index (χ4n) is 2.21. The van der Waals surface area contributed by atoms with Crippen LogP contribution in [0.25, 0.3) is 5.78 Å². The van der Waals surface area contributed by atoms with E-state index in [0.717, 1.165) is 17.1 Å². The number of hydrogen-bond donors (Lipinski definition) is 0. The van der Waals surface area contributed by atoms with Crippen LogP contribution in [-0.4, -0.2) is 33.7 Å². The van der Waals surface area contributed by atoms with Gasteiger partial charge in [0.25, 0.3) is 5.78 Å². The minimum absolute atomic E-state index is 0.386. The number of hydrogen-bond acceptors (Lipinski definition) is 5. The standard InChI is InChI=1S/C14H14ClN5O/c1-19(8-10-5-3-4-6-11(10)21-2)13-7-12(15)18-14-16-9-17-20(13)14/h3-7,9H,8H2,1-2H3. The normalized spacial score (nSPS) is 10.8. The molecule has 0 aliphatic rings. The molecule has 0 aliphatic heterocycles. The minimum atomic E-state index is 0.386. The van der Waals surface area contributed by atoms with Crippen LogP contribution in [0.2, 0.25) is 5.15 Å². The van der Waals surface area contributed by atoms with Crippen LogP contribution in [0.5, 0.6) is 5.75 Å². The molecule has 0 fully saturated rings. The van der Waals surface area contributed by atoms with Gasteiger partial charge in [0, 0.05) is 25.2 Å². The molecular formula is C14H14ClN5O. The fourth-order valence-corrected chi connectivity index (χ4v) is 2.38. The maximum absolute atomic E-state index is 6.04. The van der Waals surface area contributed by atoms with Gasteiger partial charge in [-0.1, -0.05) is 29.8 Å². The molecule has 0 saturated carbocycles. The Labute approximate surface area is 127 Å². The molecule has 6 nitrogen and oxygen atoms in total. The van der Waals surface area contributed by atoms with Gasteiger partial charge in [0.05, 0.1) is 7.11 Å². The second-order valence-corrected chi connectivity index (χ2v) is 4.96. The maximum atomic E-state index is 6.04. The van der Waals surface area contributed by atoms with Crippen molar-refractivity contribution in [3.8, 4) is 5.75 Å². The molecule has 0 saturated heterocycles. The monoisotopic (exact) mass is 303 g/mol. The summed E-state index contributed by atoms with van der Waals surface area (Å²) in [5, 5.41) is 4.56. The van der Waals surface area contributed by atoms with Crippen molar-refractivity contribution in [1.82, 2.24) is 19.6 Å². The van der Waals surface area contributed by atoms with Crippen LogP contribution in [-0.2, 0) is 6.54 Å². The van der Waals surface area contributed by atoms with E-state index in [1.165, 1.54) is 6.33 Å². The summed E-state index contributed by atoms with van der Waals surface area (Å²) in [7, 11) is 3.62. The number of para-hydroxylation sites is 1. The lowest BCUT2D eigenvalue weighted by molar-refractivity contribution is 0.409. The predicted molar refractivity (Wildman–Crippen MR) is 80.9 cm³/mol. The molecule has 1 aromatic carbocycles. The van der Waals surface area contributed by atoms with Crippen LogP contribution < -0.4 is 9.64 Å². The van der Waals surface area contributed by atoms with Gasteiger partial charge in [0.1, 0.15) is 23.0 Å². The molecule has 0 N–H and O–H groups in total. The summed E-state index contributed by atoms with van der Waals surface area (Å²) in [5.74, 6) is 2.14. The molecule has 0 radical (unpaired) electrons. The average molecular weight is 304 g/mol. The molecule has 2 heterocycles. The summed E-state index contributed by atoms with van der Waals surface area (Å²) < 4.78 is 7.03. The van der Waals surface area contributed by atoms with Crippen LogP contribution >= 0.6 is 11.6 Å². The Bertz CT molecular complexity index is 773. The maximum Gasteiger partial charge on any atom is 0.255 e.